The Morgan fingerprint density at radius 3 is 2.26 bits per heavy atom. The van der Waals surface area contributed by atoms with E-state index >= 15 is 0 Å². The predicted octanol–water partition coefficient (Wildman–Crippen LogP) is 3.73. The van der Waals surface area contributed by atoms with Crippen LogP contribution in [-0.4, -0.2) is 5.11 Å². The van der Waals surface area contributed by atoms with Crippen molar-refractivity contribution in [2.75, 3.05) is 5.32 Å². The molecule has 2 aromatic carbocycles. The molecular weight excluding hydrogens is 255 g/mol. The van der Waals surface area contributed by atoms with Gasteiger partial charge in [-0.05, 0) is 48.4 Å². The molecule has 0 aliphatic heterocycles. The van der Waals surface area contributed by atoms with Crippen LogP contribution in [0.4, 0.5) is 18.9 Å². The minimum absolute atomic E-state index is 0.167. The Balaban J connectivity index is 2.14. The smallest absolute Gasteiger partial charge is 0.187 e. The van der Waals surface area contributed by atoms with Gasteiger partial charge in [0.2, 0.25) is 0 Å². The molecule has 0 saturated heterocycles. The summed E-state index contributed by atoms with van der Waals surface area (Å²) in [5.41, 5.74) is 1.71. The summed E-state index contributed by atoms with van der Waals surface area (Å²) in [7, 11) is 0. The molecule has 2 nitrogen and oxygen atoms in total. The molecular formula is C14H12F3NO. The van der Waals surface area contributed by atoms with E-state index in [1.54, 1.807) is 13.0 Å². The Labute approximate surface area is 108 Å². The Kier molecular flexibility index (Phi) is 3.64. The average molecular weight is 267 g/mol. The zero-order valence-corrected chi connectivity index (χ0v) is 10.2. The third-order valence-electron chi connectivity index (χ3n) is 2.75. The summed E-state index contributed by atoms with van der Waals surface area (Å²) in [4.78, 5) is 0. The van der Waals surface area contributed by atoms with Crippen molar-refractivity contribution in [3.63, 3.8) is 0 Å². The fraction of sp³-hybridized carbons (Fsp3) is 0.143. The second-order valence-corrected chi connectivity index (χ2v) is 4.22. The number of phenols is 1. The van der Waals surface area contributed by atoms with Crippen molar-refractivity contribution in [2.24, 2.45) is 0 Å². The van der Waals surface area contributed by atoms with E-state index in [9.17, 15) is 13.2 Å². The van der Waals surface area contributed by atoms with Crippen molar-refractivity contribution in [1.82, 2.24) is 0 Å². The van der Waals surface area contributed by atoms with Crippen LogP contribution in [0.3, 0.4) is 0 Å². The van der Waals surface area contributed by atoms with Crippen LogP contribution in [0.15, 0.2) is 30.3 Å². The Bertz CT molecular complexity index is 591. The van der Waals surface area contributed by atoms with Gasteiger partial charge in [-0.25, -0.2) is 13.2 Å². The Morgan fingerprint density at radius 1 is 1.05 bits per heavy atom. The SMILES string of the molecule is Cc1cc(F)ccc1NCc1cc(F)c(O)c(F)c1. The summed E-state index contributed by atoms with van der Waals surface area (Å²) < 4.78 is 39.2. The Morgan fingerprint density at radius 2 is 1.68 bits per heavy atom. The molecule has 19 heavy (non-hydrogen) atoms. The zero-order chi connectivity index (χ0) is 14.0. The van der Waals surface area contributed by atoms with Crippen molar-refractivity contribution in [2.45, 2.75) is 13.5 Å². The van der Waals surface area contributed by atoms with Crippen LogP contribution in [-0.2, 0) is 6.54 Å². The van der Waals surface area contributed by atoms with Crippen molar-refractivity contribution >= 4 is 5.69 Å². The molecule has 0 unspecified atom stereocenters. The molecule has 0 aliphatic carbocycles. The van der Waals surface area contributed by atoms with Crippen molar-refractivity contribution in [1.29, 1.82) is 0 Å². The quantitative estimate of drug-likeness (QED) is 0.888. The number of nitrogens with one attached hydrogen (secondary N) is 1. The van der Waals surface area contributed by atoms with E-state index in [0.29, 0.717) is 16.8 Å². The first-order valence-corrected chi connectivity index (χ1v) is 5.64. The summed E-state index contributed by atoms with van der Waals surface area (Å²) in [5.74, 6) is -3.34. The maximum atomic E-state index is 13.1. The van der Waals surface area contributed by atoms with E-state index in [4.69, 9.17) is 5.11 Å². The van der Waals surface area contributed by atoms with Crippen molar-refractivity contribution < 1.29 is 18.3 Å². The summed E-state index contributed by atoms with van der Waals surface area (Å²) >= 11 is 0. The van der Waals surface area contributed by atoms with Crippen LogP contribution in [0.2, 0.25) is 0 Å². The van der Waals surface area contributed by atoms with Crippen molar-refractivity contribution in [3.05, 3.63) is 58.9 Å². The summed E-state index contributed by atoms with van der Waals surface area (Å²) in [6.07, 6.45) is 0. The number of phenolic OH excluding ortho intramolecular Hbond substituents is 1. The minimum atomic E-state index is -1.01. The first-order chi connectivity index (χ1) is 8.97. The molecule has 0 heterocycles. The summed E-state index contributed by atoms with van der Waals surface area (Å²) in [5, 5.41) is 11.9. The number of rotatable bonds is 3. The number of aryl methyl sites for hydroxylation is 1. The summed E-state index contributed by atoms with van der Waals surface area (Å²) in [6.45, 7) is 1.89. The van der Waals surface area contributed by atoms with Gasteiger partial charge in [0.05, 0.1) is 0 Å². The third kappa shape index (κ3) is 2.99. The van der Waals surface area contributed by atoms with E-state index < -0.39 is 17.4 Å². The minimum Gasteiger partial charge on any atom is -0.503 e. The van der Waals surface area contributed by atoms with Gasteiger partial charge in [-0.15, -0.1) is 0 Å². The molecule has 100 valence electrons. The molecule has 0 atom stereocenters. The number of halogens is 3. The fourth-order valence-electron chi connectivity index (χ4n) is 1.74. The highest BCUT2D eigenvalue weighted by molar-refractivity contribution is 5.51. The van der Waals surface area contributed by atoms with Gasteiger partial charge in [0.1, 0.15) is 5.82 Å². The zero-order valence-electron chi connectivity index (χ0n) is 10.2. The highest BCUT2D eigenvalue weighted by Crippen LogP contribution is 2.22. The van der Waals surface area contributed by atoms with Gasteiger partial charge in [-0.1, -0.05) is 0 Å². The lowest BCUT2D eigenvalue weighted by molar-refractivity contribution is 0.395. The molecule has 5 heteroatoms. The molecule has 2 aromatic rings. The van der Waals surface area contributed by atoms with E-state index in [-0.39, 0.29) is 12.4 Å². The van der Waals surface area contributed by atoms with E-state index in [1.807, 2.05) is 0 Å². The van der Waals surface area contributed by atoms with Crippen LogP contribution in [0.25, 0.3) is 0 Å². The van der Waals surface area contributed by atoms with Crippen LogP contribution >= 0.6 is 0 Å². The second-order valence-electron chi connectivity index (χ2n) is 4.22. The molecule has 0 aromatic heterocycles. The topological polar surface area (TPSA) is 32.3 Å². The average Bonchev–Trinajstić information content (AvgIpc) is 2.34. The summed E-state index contributed by atoms with van der Waals surface area (Å²) in [6, 6.07) is 6.31. The third-order valence-corrected chi connectivity index (χ3v) is 2.75. The number of hydrogen-bond acceptors (Lipinski definition) is 2. The van der Waals surface area contributed by atoms with Crippen LogP contribution in [0.1, 0.15) is 11.1 Å². The molecule has 2 rings (SSSR count). The molecule has 0 amide bonds. The molecule has 0 aliphatic rings. The van der Waals surface area contributed by atoms with Gasteiger partial charge < -0.3 is 10.4 Å². The standard InChI is InChI=1S/C14H12F3NO/c1-8-4-10(15)2-3-13(8)18-7-9-5-11(16)14(19)12(17)6-9/h2-6,18-19H,7H2,1H3. The lowest BCUT2D eigenvalue weighted by atomic mass is 10.1. The normalized spacial score (nSPS) is 10.5. The van der Waals surface area contributed by atoms with Crippen molar-refractivity contribution in [3.8, 4) is 5.75 Å². The highest BCUT2D eigenvalue weighted by atomic mass is 19.1. The van der Waals surface area contributed by atoms with Crippen LogP contribution < -0.4 is 5.32 Å². The maximum absolute atomic E-state index is 13.1. The first kappa shape index (κ1) is 13.3. The number of hydrogen-bond donors (Lipinski definition) is 2. The van der Waals surface area contributed by atoms with Crippen LogP contribution in [0.5, 0.6) is 5.75 Å². The van der Waals surface area contributed by atoms with E-state index in [2.05, 4.69) is 5.32 Å². The Hall–Kier alpha value is -2.17. The molecule has 2 N–H and O–H groups in total. The van der Waals surface area contributed by atoms with Gasteiger partial charge in [0.15, 0.2) is 17.4 Å². The molecule has 0 fully saturated rings. The largest absolute Gasteiger partial charge is 0.503 e. The lowest BCUT2D eigenvalue weighted by Gasteiger charge is -2.10. The molecule has 0 spiro atoms. The number of aromatic hydroxyl groups is 1. The molecule has 0 saturated carbocycles. The lowest BCUT2D eigenvalue weighted by Crippen LogP contribution is -2.02. The van der Waals surface area contributed by atoms with Gasteiger partial charge in [-0.3, -0.25) is 0 Å². The monoisotopic (exact) mass is 267 g/mol. The van der Waals surface area contributed by atoms with E-state index in [0.717, 1.165) is 12.1 Å². The van der Waals surface area contributed by atoms with E-state index in [1.165, 1.54) is 12.1 Å². The first-order valence-electron chi connectivity index (χ1n) is 5.64. The maximum Gasteiger partial charge on any atom is 0.187 e. The number of anilines is 1. The van der Waals surface area contributed by atoms with Gasteiger partial charge >= 0.3 is 0 Å². The highest BCUT2D eigenvalue weighted by Gasteiger charge is 2.09. The predicted molar refractivity (Wildman–Crippen MR) is 66.5 cm³/mol. The van der Waals surface area contributed by atoms with Gasteiger partial charge in [0, 0.05) is 12.2 Å². The number of benzene rings is 2. The van der Waals surface area contributed by atoms with Gasteiger partial charge in [0.25, 0.3) is 0 Å². The van der Waals surface area contributed by atoms with Crippen LogP contribution in [0, 0.1) is 24.4 Å². The molecule has 0 radical (unpaired) electrons. The molecule has 0 bridgehead atoms. The fourth-order valence-corrected chi connectivity index (χ4v) is 1.74. The van der Waals surface area contributed by atoms with Gasteiger partial charge in [-0.2, -0.15) is 0 Å². The second kappa shape index (κ2) is 5.22.